The molecule has 0 radical (unpaired) electrons. The van der Waals surface area contributed by atoms with Crippen molar-refractivity contribution in [1.29, 1.82) is 0 Å². The van der Waals surface area contributed by atoms with Gasteiger partial charge in [0.2, 0.25) is 0 Å². The van der Waals surface area contributed by atoms with Crippen molar-refractivity contribution < 1.29 is 68.6 Å². The van der Waals surface area contributed by atoms with Crippen LogP contribution in [0.4, 0.5) is 0 Å². The summed E-state index contributed by atoms with van der Waals surface area (Å²) in [6.07, 6.45) is 0. The van der Waals surface area contributed by atoms with E-state index in [1.807, 2.05) is 0 Å². The number of carboxylic acids is 1. The third-order valence-corrected chi connectivity index (χ3v) is 1.52. The summed E-state index contributed by atoms with van der Waals surface area (Å²) in [4.78, 5) is 10.9. The normalized spacial score (nSPS) is 7.75. The number of hydrogen-bond acceptors (Lipinski definition) is 2. The standard InChI is InChI=1S/C7H6O2S.Hg.Na.H/c8-7(9)5-3-1-2-4-6(5)10;;;/h1-4,10H,(H,8,9);;;/q;;+1;-1. The Morgan fingerprint density at radius 3 is 2.25 bits per heavy atom. The van der Waals surface area contributed by atoms with Crippen LogP contribution < -0.4 is 29.6 Å². The van der Waals surface area contributed by atoms with Crippen LogP contribution in [0.15, 0.2) is 29.2 Å². The maximum absolute atomic E-state index is 10.4. The quantitative estimate of drug-likeness (QED) is 0.475. The van der Waals surface area contributed by atoms with Gasteiger partial charge in [0, 0.05) is 32.6 Å². The van der Waals surface area contributed by atoms with Crippen LogP contribution in [0.5, 0.6) is 0 Å². The van der Waals surface area contributed by atoms with Gasteiger partial charge in [-0.3, -0.25) is 0 Å². The number of thiol groups is 1. The van der Waals surface area contributed by atoms with Gasteiger partial charge in [-0.2, -0.15) is 0 Å². The molecule has 0 spiro atoms. The van der Waals surface area contributed by atoms with Crippen molar-refractivity contribution in [2.45, 2.75) is 4.90 Å². The summed E-state index contributed by atoms with van der Waals surface area (Å²) in [5.74, 6) is -0.939. The summed E-state index contributed by atoms with van der Waals surface area (Å²) in [6.45, 7) is 0. The average Bonchev–Trinajstić information content (AvgIpc) is 1.88. The fourth-order valence-corrected chi connectivity index (χ4v) is 0.911. The van der Waals surface area contributed by atoms with E-state index in [1.165, 1.54) is 6.07 Å². The van der Waals surface area contributed by atoms with Gasteiger partial charge < -0.3 is 6.53 Å². The van der Waals surface area contributed by atoms with Crippen LogP contribution in [0.2, 0.25) is 0 Å². The van der Waals surface area contributed by atoms with E-state index in [0.717, 1.165) is 0 Å². The van der Waals surface area contributed by atoms with E-state index in [-0.39, 0.29) is 64.2 Å². The topological polar surface area (TPSA) is 37.3 Å². The third kappa shape index (κ3) is 4.28. The van der Waals surface area contributed by atoms with Gasteiger partial charge in [-0.15, -0.1) is 12.6 Å². The van der Waals surface area contributed by atoms with Gasteiger partial charge in [0.15, 0.2) is 0 Å². The maximum atomic E-state index is 10.4. The number of rotatable bonds is 1. The zero-order chi connectivity index (χ0) is 7.56. The minimum Gasteiger partial charge on any atom is -1.00 e. The molecule has 0 aliphatic carbocycles. The second-order valence-corrected chi connectivity index (χ2v) is 2.30. The first-order valence-electron chi connectivity index (χ1n) is 2.73. The molecule has 0 saturated heterocycles. The molecule has 12 heavy (non-hydrogen) atoms. The fourth-order valence-electron chi connectivity index (χ4n) is 0.654. The van der Waals surface area contributed by atoms with Crippen molar-refractivity contribution >= 4 is 18.6 Å². The molecular formula is C7H7HgNaO2S. The van der Waals surface area contributed by atoms with Gasteiger partial charge in [0.05, 0.1) is 5.56 Å². The van der Waals surface area contributed by atoms with Crippen molar-refractivity contribution in [3.63, 3.8) is 0 Å². The Hall–Kier alpha value is 0.975. The molecule has 5 heteroatoms. The van der Waals surface area contributed by atoms with E-state index >= 15 is 0 Å². The Labute approximate surface area is 120 Å². The van der Waals surface area contributed by atoms with E-state index in [9.17, 15) is 4.79 Å². The Morgan fingerprint density at radius 1 is 1.42 bits per heavy atom. The molecule has 1 rings (SSSR count). The molecule has 0 aromatic heterocycles. The van der Waals surface area contributed by atoms with Crippen LogP contribution in [-0.2, 0) is 27.7 Å². The second kappa shape index (κ2) is 7.39. The molecule has 0 heterocycles. The minimum absolute atomic E-state index is 0. The number of hydrogen-bond donors (Lipinski definition) is 2. The smallest absolute Gasteiger partial charge is 1.00 e. The summed E-state index contributed by atoms with van der Waals surface area (Å²) >= 11 is 3.96. The van der Waals surface area contributed by atoms with Gasteiger partial charge in [0.25, 0.3) is 0 Å². The number of carbonyl (C=O) groups is 1. The molecule has 1 aromatic rings. The van der Waals surface area contributed by atoms with Gasteiger partial charge in [0.1, 0.15) is 0 Å². The van der Waals surface area contributed by atoms with Gasteiger partial charge in [-0.05, 0) is 12.1 Å². The number of aromatic carboxylic acids is 1. The predicted octanol–water partition coefficient (Wildman–Crippen LogP) is -1.21. The van der Waals surface area contributed by atoms with E-state index in [4.69, 9.17) is 5.11 Å². The maximum Gasteiger partial charge on any atom is 1.00 e. The monoisotopic (exact) mass is 380 g/mol. The summed E-state index contributed by atoms with van der Waals surface area (Å²) in [5, 5.41) is 8.52. The van der Waals surface area contributed by atoms with Crippen molar-refractivity contribution in [2.24, 2.45) is 0 Å². The summed E-state index contributed by atoms with van der Waals surface area (Å²) in [5.41, 5.74) is 0.242. The molecule has 0 atom stereocenters. The number of carboxylic acid groups (broad SMARTS) is 1. The molecule has 0 bridgehead atoms. The molecule has 0 unspecified atom stereocenters. The second-order valence-electron chi connectivity index (χ2n) is 1.82. The fraction of sp³-hybridized carbons (Fsp3) is 0. The zero-order valence-corrected chi connectivity index (χ0v) is 15.2. The van der Waals surface area contributed by atoms with Crippen molar-refractivity contribution in [2.75, 3.05) is 0 Å². The Morgan fingerprint density at radius 2 is 1.92 bits per heavy atom. The molecule has 0 aliphatic rings. The van der Waals surface area contributed by atoms with Crippen LogP contribution in [0.25, 0.3) is 0 Å². The largest absolute Gasteiger partial charge is 1.00 e. The minimum atomic E-state index is -0.939. The molecule has 1 N–H and O–H groups in total. The molecule has 0 amide bonds. The van der Waals surface area contributed by atoms with E-state index < -0.39 is 5.97 Å². The molecule has 2 nitrogen and oxygen atoms in total. The van der Waals surface area contributed by atoms with Crippen LogP contribution >= 0.6 is 12.6 Å². The van der Waals surface area contributed by atoms with Crippen molar-refractivity contribution in [3.8, 4) is 0 Å². The van der Waals surface area contributed by atoms with Crippen molar-refractivity contribution in [3.05, 3.63) is 29.8 Å². The first-order chi connectivity index (χ1) is 4.72. The SMILES string of the molecule is O=C(O)c1ccccc1S.[H-].[Hg].[Na+]. The molecule has 1 aromatic carbocycles. The molecule has 0 fully saturated rings. The van der Waals surface area contributed by atoms with Gasteiger partial charge in [-0.25, -0.2) is 4.79 Å². The van der Waals surface area contributed by atoms with Crippen LogP contribution in [0, 0.1) is 0 Å². The molecule has 56 valence electrons. The predicted molar refractivity (Wildman–Crippen MR) is 41.8 cm³/mol. The van der Waals surface area contributed by atoms with E-state index in [0.29, 0.717) is 4.90 Å². The summed E-state index contributed by atoms with van der Waals surface area (Å²) in [7, 11) is 0. The molecule has 0 saturated carbocycles. The van der Waals surface area contributed by atoms with Gasteiger partial charge >= 0.3 is 35.5 Å². The van der Waals surface area contributed by atoms with Crippen LogP contribution in [-0.4, -0.2) is 11.1 Å². The van der Waals surface area contributed by atoms with E-state index in [2.05, 4.69) is 12.6 Å². The number of benzene rings is 1. The Bertz CT molecular complexity index is 272. The molecular weight excluding hydrogens is 372 g/mol. The average molecular weight is 379 g/mol. The summed E-state index contributed by atoms with van der Waals surface area (Å²) < 4.78 is 0. The van der Waals surface area contributed by atoms with E-state index in [1.54, 1.807) is 18.2 Å². The van der Waals surface area contributed by atoms with Gasteiger partial charge in [-0.1, -0.05) is 12.1 Å². The van der Waals surface area contributed by atoms with Crippen molar-refractivity contribution in [1.82, 2.24) is 0 Å². The zero-order valence-electron chi connectivity index (χ0n) is 7.82. The molecule has 0 aliphatic heterocycles. The van der Waals surface area contributed by atoms with Crippen LogP contribution in [0.1, 0.15) is 11.8 Å². The Balaban J connectivity index is -0.000000333. The first kappa shape index (κ1) is 15.4. The first-order valence-corrected chi connectivity index (χ1v) is 3.18. The van der Waals surface area contributed by atoms with Crippen LogP contribution in [0.3, 0.4) is 0 Å². The third-order valence-electron chi connectivity index (χ3n) is 1.13. The summed E-state index contributed by atoms with van der Waals surface area (Å²) in [6, 6.07) is 6.58. The Kier molecular flexibility index (Phi) is 9.51.